The number of hydrogen-bond acceptors (Lipinski definition) is 2. The monoisotopic (exact) mass is 967 g/mol. The SMILES string of the molecule is CC.CC.CC.CC.CC.CC.[U+2].[c-]1ccccc1N1[CH-]C23c4c1cccc4N1c4ccccc4Cc4ccc(c2c41)C1c2ccccc2Cc2ccc[n+]3c21. The van der Waals surface area contributed by atoms with Crippen LogP contribution < -0.4 is 14.4 Å². The van der Waals surface area contributed by atoms with E-state index in [9.17, 15) is 0 Å². The standard InChI is InChI=1S/C40H26N3.6C2H6.U/c1-2-13-29(14-3-1)41-24-40-36-31(35-30-15-6-4-10-25(30)22-27-12-9-21-42(40)38(27)35)20-19-28-23-26-11-5-7-16-32(26)43(39(28)36)34-18-8-17-33(41)37(34)40;6*1-2;/h1-13,15-21,24,35H,22-23H2;6*1-2H3;/q-1;;;;;;;+2. The van der Waals surface area contributed by atoms with Crippen LogP contribution in [-0.2, 0) is 18.4 Å². The third kappa shape index (κ3) is 6.66. The summed E-state index contributed by atoms with van der Waals surface area (Å²) in [6.07, 6.45) is 4.25. The molecule has 11 rings (SSSR count). The van der Waals surface area contributed by atoms with Gasteiger partial charge in [0.15, 0.2) is 11.9 Å². The van der Waals surface area contributed by atoms with Gasteiger partial charge in [-0.2, -0.15) is 36.9 Å². The molecule has 1 aliphatic carbocycles. The van der Waals surface area contributed by atoms with Gasteiger partial charge < -0.3 is 9.80 Å². The van der Waals surface area contributed by atoms with Crippen LogP contribution in [0.5, 0.6) is 0 Å². The van der Waals surface area contributed by atoms with Gasteiger partial charge in [0.2, 0.25) is 0 Å². The molecule has 2 unspecified atom stereocenters. The molecule has 4 aliphatic heterocycles. The first kappa shape index (κ1) is 44.6. The molecule has 0 fully saturated rings. The first-order valence-corrected chi connectivity index (χ1v) is 21.2. The molecule has 5 aromatic carbocycles. The van der Waals surface area contributed by atoms with Gasteiger partial charge in [0.1, 0.15) is 5.54 Å². The van der Waals surface area contributed by atoms with E-state index in [1.165, 1.54) is 73.0 Å². The Morgan fingerprint density at radius 2 is 1.16 bits per heavy atom. The number of fused-ring (bicyclic) bond motifs is 6. The molecule has 2 atom stereocenters. The van der Waals surface area contributed by atoms with Gasteiger partial charge in [-0.3, -0.25) is 0 Å². The number of pyridine rings is 1. The van der Waals surface area contributed by atoms with Crippen molar-refractivity contribution in [2.24, 2.45) is 0 Å². The van der Waals surface area contributed by atoms with E-state index < -0.39 is 5.54 Å². The number of hydrogen-bond donors (Lipinski definition) is 0. The van der Waals surface area contributed by atoms with Gasteiger partial charge in [-0.05, 0) is 52.1 Å². The van der Waals surface area contributed by atoms with Crippen LogP contribution in [0.1, 0.15) is 139 Å². The minimum Gasteiger partial charge on any atom is -0.507 e. The quantitative estimate of drug-likeness (QED) is 0.120. The van der Waals surface area contributed by atoms with Gasteiger partial charge in [-0.1, -0.05) is 144 Å². The van der Waals surface area contributed by atoms with Crippen LogP contribution in [-0.4, -0.2) is 0 Å². The number of rotatable bonds is 1. The summed E-state index contributed by atoms with van der Waals surface area (Å²) in [6.45, 7) is 26.5. The predicted molar refractivity (Wildman–Crippen MR) is 237 cm³/mol. The molecule has 0 N–H and O–H groups in total. The molecule has 288 valence electrons. The zero-order chi connectivity index (χ0) is 39.9. The Bertz CT molecular complexity index is 2210. The van der Waals surface area contributed by atoms with Crippen LogP contribution in [0.15, 0.2) is 121 Å². The van der Waals surface area contributed by atoms with E-state index in [0.717, 1.165) is 18.5 Å². The number of anilines is 5. The molecule has 4 heteroatoms. The smallest absolute Gasteiger partial charge is 0.507 e. The first-order valence-electron chi connectivity index (χ1n) is 21.2. The van der Waals surface area contributed by atoms with Crippen molar-refractivity contribution in [3.63, 3.8) is 0 Å². The molecule has 6 aromatic rings. The maximum absolute atomic E-state index is 3.55. The average molecular weight is 967 g/mol. The Morgan fingerprint density at radius 3 is 1.88 bits per heavy atom. The van der Waals surface area contributed by atoms with Crippen LogP contribution in [0.4, 0.5) is 28.4 Å². The second-order valence-electron chi connectivity index (χ2n) is 12.5. The summed E-state index contributed by atoms with van der Waals surface area (Å²) in [5.74, 6) is 0.186. The van der Waals surface area contributed by atoms with Gasteiger partial charge in [-0.15, -0.1) is 5.69 Å². The molecular weight excluding hydrogens is 905 g/mol. The molecule has 0 radical (unpaired) electrons. The van der Waals surface area contributed by atoms with Crippen LogP contribution >= 0.6 is 0 Å². The second-order valence-corrected chi connectivity index (χ2v) is 12.5. The Hall–Kier alpha value is -4.10. The van der Waals surface area contributed by atoms with E-state index >= 15 is 0 Å². The maximum Gasteiger partial charge on any atom is 2.00 e. The van der Waals surface area contributed by atoms with E-state index in [1.807, 2.05) is 89.2 Å². The number of aromatic nitrogens is 1. The molecule has 0 saturated carbocycles. The molecule has 3 nitrogen and oxygen atoms in total. The maximum atomic E-state index is 3.55. The Labute approximate surface area is 363 Å². The van der Waals surface area contributed by atoms with Crippen LogP contribution in [0.25, 0.3) is 0 Å². The van der Waals surface area contributed by atoms with E-state index in [1.54, 1.807) is 0 Å². The van der Waals surface area contributed by atoms with Gasteiger partial charge in [0, 0.05) is 47.0 Å². The first-order chi connectivity index (χ1) is 27.3. The average Bonchev–Trinajstić information content (AvgIpc) is 3.64. The fourth-order valence-corrected chi connectivity index (χ4v) is 8.99. The van der Waals surface area contributed by atoms with E-state index in [0.29, 0.717) is 0 Å². The van der Waals surface area contributed by atoms with Gasteiger partial charge in [-0.25, -0.2) is 4.57 Å². The van der Waals surface area contributed by atoms with Crippen molar-refractivity contribution in [1.82, 2.24) is 0 Å². The molecule has 0 amide bonds. The number of benzene rings is 5. The summed E-state index contributed by atoms with van der Waals surface area (Å²) >= 11 is 0. The van der Waals surface area contributed by atoms with E-state index in [4.69, 9.17) is 0 Å². The van der Waals surface area contributed by atoms with Gasteiger partial charge in [0.25, 0.3) is 0 Å². The van der Waals surface area contributed by atoms with Crippen molar-refractivity contribution < 1.29 is 35.7 Å². The zero-order valence-electron chi connectivity index (χ0n) is 36.0. The molecule has 0 bridgehead atoms. The predicted octanol–water partition coefficient (Wildman–Crippen LogP) is 14.1. The Morgan fingerprint density at radius 1 is 0.554 bits per heavy atom. The molecule has 56 heavy (non-hydrogen) atoms. The Kier molecular flexibility index (Phi) is 15.8. The fourth-order valence-electron chi connectivity index (χ4n) is 8.99. The van der Waals surface area contributed by atoms with Crippen molar-refractivity contribution in [1.29, 1.82) is 0 Å². The van der Waals surface area contributed by atoms with Gasteiger partial charge in [0.05, 0.1) is 17.3 Å². The van der Waals surface area contributed by atoms with E-state index in [2.05, 4.69) is 142 Å². The van der Waals surface area contributed by atoms with Crippen LogP contribution in [0.3, 0.4) is 0 Å². The number of nitrogens with zero attached hydrogens (tertiary/aromatic N) is 3. The minimum absolute atomic E-state index is 0. The summed E-state index contributed by atoms with van der Waals surface area (Å²) in [4.78, 5) is 4.98. The van der Waals surface area contributed by atoms with E-state index in [-0.39, 0.29) is 37.0 Å². The zero-order valence-corrected chi connectivity index (χ0v) is 40.1. The van der Waals surface area contributed by atoms with Gasteiger partial charge >= 0.3 is 31.1 Å². The third-order valence-electron chi connectivity index (χ3n) is 10.5. The molecule has 1 aromatic heterocycles. The molecular formula is C52H62N3U+. The summed E-state index contributed by atoms with van der Waals surface area (Å²) in [6, 6.07) is 46.4. The third-order valence-corrected chi connectivity index (χ3v) is 10.5. The van der Waals surface area contributed by atoms with Crippen molar-refractivity contribution in [2.75, 3.05) is 9.80 Å². The molecule has 5 heterocycles. The molecule has 0 saturated heterocycles. The van der Waals surface area contributed by atoms with Crippen molar-refractivity contribution >= 4 is 28.4 Å². The summed E-state index contributed by atoms with van der Waals surface area (Å²) in [5, 5.41) is 0. The Balaban J connectivity index is 0.000000494. The van der Waals surface area contributed by atoms with Crippen molar-refractivity contribution in [3.8, 4) is 0 Å². The second kappa shape index (κ2) is 19.9. The topological polar surface area (TPSA) is 10.4 Å². The molecule has 5 aliphatic rings. The van der Waals surface area contributed by atoms with Crippen molar-refractivity contribution in [2.45, 2.75) is 107 Å². The minimum atomic E-state index is -0.479. The summed E-state index contributed by atoms with van der Waals surface area (Å²) < 4.78 is 2.65. The summed E-state index contributed by atoms with van der Waals surface area (Å²) in [7, 11) is 0. The van der Waals surface area contributed by atoms with Crippen LogP contribution in [0, 0.1) is 43.7 Å². The molecule has 1 spiro atoms. The number of para-hydroxylation sites is 2. The normalized spacial score (nSPS) is 16.4. The van der Waals surface area contributed by atoms with Crippen molar-refractivity contribution in [3.05, 3.63) is 184 Å². The van der Waals surface area contributed by atoms with Crippen LogP contribution in [0.2, 0.25) is 0 Å². The summed E-state index contributed by atoms with van der Waals surface area (Å²) in [5.41, 5.74) is 18.5. The fraction of sp³-hybridized carbons (Fsp3) is 0.308. The largest absolute Gasteiger partial charge is 2.00 e.